The van der Waals surface area contributed by atoms with Gasteiger partial charge in [0.1, 0.15) is 5.75 Å². The van der Waals surface area contributed by atoms with Crippen LogP contribution in [0.15, 0.2) is 18.2 Å². The van der Waals surface area contributed by atoms with Crippen molar-refractivity contribution < 1.29 is 14.5 Å². The summed E-state index contributed by atoms with van der Waals surface area (Å²) in [6.07, 6.45) is 0. The minimum atomic E-state index is -0.513. The van der Waals surface area contributed by atoms with Crippen molar-refractivity contribution in [2.75, 3.05) is 20.2 Å². The number of carbonyl (C=O) groups excluding carboxylic acids is 1. The van der Waals surface area contributed by atoms with Crippen molar-refractivity contribution in [2.45, 2.75) is 6.04 Å². The number of methoxy groups -OCH3 is 1. The standard InChI is InChI=1S/C13H15N3O4/c1-20-11-4-7(16(18)19)2-3-8(11)13(17)15-12-9-5-14-6-10(9)12/h2-4,9-10,12,14H,5-6H2,1H3,(H,15,17). The lowest BCUT2D eigenvalue weighted by Crippen LogP contribution is -2.32. The molecule has 1 heterocycles. The molecule has 0 bridgehead atoms. The Hall–Kier alpha value is -2.15. The van der Waals surface area contributed by atoms with E-state index >= 15 is 0 Å². The van der Waals surface area contributed by atoms with Crippen molar-refractivity contribution in [1.82, 2.24) is 10.6 Å². The van der Waals surface area contributed by atoms with Crippen molar-refractivity contribution in [3.63, 3.8) is 0 Å². The first-order valence-electron chi connectivity index (χ1n) is 6.46. The van der Waals surface area contributed by atoms with Gasteiger partial charge in [0.05, 0.1) is 23.7 Å². The zero-order chi connectivity index (χ0) is 14.3. The molecule has 0 aromatic heterocycles. The molecule has 7 heteroatoms. The molecule has 1 aromatic rings. The molecule has 1 amide bonds. The van der Waals surface area contributed by atoms with Gasteiger partial charge in [-0.05, 0) is 17.9 Å². The number of ether oxygens (including phenoxy) is 1. The van der Waals surface area contributed by atoms with E-state index in [2.05, 4.69) is 10.6 Å². The molecule has 2 aliphatic rings. The van der Waals surface area contributed by atoms with Gasteiger partial charge in [-0.15, -0.1) is 0 Å². The fourth-order valence-electron chi connectivity index (χ4n) is 2.84. The van der Waals surface area contributed by atoms with Crippen LogP contribution in [0.25, 0.3) is 0 Å². The van der Waals surface area contributed by atoms with Gasteiger partial charge in [-0.1, -0.05) is 0 Å². The predicted molar refractivity (Wildman–Crippen MR) is 70.8 cm³/mol. The number of hydrogen-bond donors (Lipinski definition) is 2. The first kappa shape index (κ1) is 12.9. The van der Waals surface area contributed by atoms with Crippen LogP contribution in [0.1, 0.15) is 10.4 Å². The Morgan fingerprint density at radius 2 is 2.15 bits per heavy atom. The van der Waals surface area contributed by atoms with Gasteiger partial charge in [0.2, 0.25) is 0 Å². The molecule has 1 aliphatic heterocycles. The zero-order valence-electron chi connectivity index (χ0n) is 11.0. The van der Waals surface area contributed by atoms with Crippen molar-refractivity contribution in [3.05, 3.63) is 33.9 Å². The Morgan fingerprint density at radius 1 is 1.45 bits per heavy atom. The third kappa shape index (κ3) is 2.09. The minimum Gasteiger partial charge on any atom is -0.496 e. The largest absolute Gasteiger partial charge is 0.496 e. The van der Waals surface area contributed by atoms with Crippen LogP contribution in [-0.4, -0.2) is 37.1 Å². The van der Waals surface area contributed by atoms with Crippen LogP contribution in [0.4, 0.5) is 5.69 Å². The topological polar surface area (TPSA) is 93.5 Å². The normalized spacial score (nSPS) is 26.8. The van der Waals surface area contributed by atoms with E-state index in [4.69, 9.17) is 4.74 Å². The second kappa shape index (κ2) is 4.75. The van der Waals surface area contributed by atoms with Gasteiger partial charge in [-0.2, -0.15) is 0 Å². The molecule has 1 saturated heterocycles. The second-order valence-electron chi connectivity index (χ2n) is 5.13. The van der Waals surface area contributed by atoms with Gasteiger partial charge in [-0.25, -0.2) is 0 Å². The number of benzene rings is 1. The summed E-state index contributed by atoms with van der Waals surface area (Å²) in [4.78, 5) is 22.4. The van der Waals surface area contributed by atoms with E-state index in [1.807, 2.05) is 0 Å². The van der Waals surface area contributed by atoms with Gasteiger partial charge in [-0.3, -0.25) is 14.9 Å². The molecule has 2 fully saturated rings. The highest BCUT2D eigenvalue weighted by Gasteiger charge is 2.53. The highest BCUT2D eigenvalue weighted by atomic mass is 16.6. The summed E-state index contributed by atoms with van der Waals surface area (Å²) in [6.45, 7) is 1.88. The van der Waals surface area contributed by atoms with Crippen LogP contribution in [0.2, 0.25) is 0 Å². The molecule has 1 aromatic carbocycles. The molecule has 2 unspecified atom stereocenters. The number of nitro benzene ring substituents is 1. The summed E-state index contributed by atoms with van der Waals surface area (Å²) in [6, 6.07) is 4.23. The number of amides is 1. The first-order chi connectivity index (χ1) is 9.61. The lowest BCUT2D eigenvalue weighted by atomic mass is 10.1. The molecule has 0 radical (unpaired) electrons. The third-order valence-electron chi connectivity index (χ3n) is 4.03. The summed E-state index contributed by atoms with van der Waals surface area (Å²) >= 11 is 0. The number of piperidine rings is 1. The molecule has 20 heavy (non-hydrogen) atoms. The predicted octanol–water partition coefficient (Wildman–Crippen LogP) is 0.551. The van der Waals surface area contributed by atoms with Crippen molar-refractivity contribution in [3.8, 4) is 5.75 Å². The fraction of sp³-hybridized carbons (Fsp3) is 0.462. The van der Waals surface area contributed by atoms with Crippen LogP contribution < -0.4 is 15.4 Å². The SMILES string of the molecule is COc1cc([N+](=O)[O-])ccc1C(=O)NC1C2CNCC21. The van der Waals surface area contributed by atoms with Crippen molar-refractivity contribution in [2.24, 2.45) is 11.8 Å². The average Bonchev–Trinajstić information content (AvgIpc) is 2.88. The molecule has 106 valence electrons. The Kier molecular flexibility index (Phi) is 3.06. The molecule has 1 saturated carbocycles. The molecular formula is C13H15N3O4. The monoisotopic (exact) mass is 277 g/mol. The van der Waals surface area contributed by atoms with E-state index in [9.17, 15) is 14.9 Å². The van der Waals surface area contributed by atoms with Crippen LogP contribution in [-0.2, 0) is 0 Å². The molecule has 1 aliphatic carbocycles. The Balaban J connectivity index is 1.75. The van der Waals surface area contributed by atoms with Crippen LogP contribution in [0.5, 0.6) is 5.75 Å². The van der Waals surface area contributed by atoms with Gasteiger partial charge < -0.3 is 15.4 Å². The second-order valence-corrected chi connectivity index (χ2v) is 5.13. The summed E-state index contributed by atoms with van der Waals surface area (Å²) in [5.41, 5.74) is 0.238. The number of hydrogen-bond acceptors (Lipinski definition) is 5. The molecule has 0 spiro atoms. The lowest BCUT2D eigenvalue weighted by molar-refractivity contribution is -0.384. The summed E-state index contributed by atoms with van der Waals surface area (Å²) in [7, 11) is 1.39. The zero-order valence-corrected chi connectivity index (χ0v) is 11.0. The summed E-state index contributed by atoms with van der Waals surface area (Å²) in [5, 5.41) is 16.9. The summed E-state index contributed by atoms with van der Waals surface area (Å²) in [5.74, 6) is 1.02. The maximum atomic E-state index is 12.2. The van der Waals surface area contributed by atoms with Crippen molar-refractivity contribution >= 4 is 11.6 Å². The number of nitro groups is 1. The number of rotatable bonds is 4. The number of nitrogens with one attached hydrogen (secondary N) is 2. The summed E-state index contributed by atoms with van der Waals surface area (Å²) < 4.78 is 5.08. The highest BCUT2D eigenvalue weighted by Crippen LogP contribution is 2.42. The minimum absolute atomic E-state index is 0.0918. The van der Waals surface area contributed by atoms with E-state index in [0.29, 0.717) is 17.4 Å². The van der Waals surface area contributed by atoms with Crippen LogP contribution in [0, 0.1) is 22.0 Å². The molecule has 2 atom stereocenters. The molecule has 2 N–H and O–H groups in total. The third-order valence-corrected chi connectivity index (χ3v) is 4.03. The smallest absolute Gasteiger partial charge is 0.273 e. The van der Waals surface area contributed by atoms with E-state index < -0.39 is 4.92 Å². The number of non-ortho nitro benzene ring substituents is 1. The lowest BCUT2D eigenvalue weighted by Gasteiger charge is -2.10. The van der Waals surface area contributed by atoms with Crippen LogP contribution >= 0.6 is 0 Å². The quantitative estimate of drug-likeness (QED) is 0.619. The Labute approximate surface area is 115 Å². The van der Waals surface area contributed by atoms with E-state index in [0.717, 1.165) is 13.1 Å². The Morgan fingerprint density at radius 3 is 2.75 bits per heavy atom. The van der Waals surface area contributed by atoms with Crippen LogP contribution in [0.3, 0.4) is 0 Å². The Bertz CT molecular complexity index is 565. The maximum absolute atomic E-state index is 12.2. The average molecular weight is 277 g/mol. The van der Waals surface area contributed by atoms with E-state index in [1.165, 1.54) is 25.3 Å². The fourth-order valence-corrected chi connectivity index (χ4v) is 2.84. The number of carbonyl (C=O) groups is 1. The first-order valence-corrected chi connectivity index (χ1v) is 6.46. The van der Waals surface area contributed by atoms with Gasteiger partial charge in [0.15, 0.2) is 0 Å². The van der Waals surface area contributed by atoms with Gasteiger partial charge in [0.25, 0.3) is 11.6 Å². The van der Waals surface area contributed by atoms with E-state index in [-0.39, 0.29) is 23.4 Å². The number of fused-ring (bicyclic) bond motifs is 1. The number of nitrogens with zero attached hydrogens (tertiary/aromatic N) is 1. The maximum Gasteiger partial charge on any atom is 0.273 e. The molecule has 3 rings (SSSR count). The van der Waals surface area contributed by atoms with Gasteiger partial charge in [0, 0.05) is 25.2 Å². The molecule has 7 nitrogen and oxygen atoms in total. The van der Waals surface area contributed by atoms with Crippen molar-refractivity contribution in [1.29, 1.82) is 0 Å². The van der Waals surface area contributed by atoms with Gasteiger partial charge >= 0.3 is 0 Å². The highest BCUT2D eigenvalue weighted by molar-refractivity contribution is 5.97. The van der Waals surface area contributed by atoms with E-state index in [1.54, 1.807) is 0 Å². The molecular weight excluding hydrogens is 262 g/mol.